The fraction of sp³-hybridized carbons (Fsp3) is 0.571. The van der Waals surface area contributed by atoms with Crippen LogP contribution in [0.15, 0.2) is 22.7 Å². The Kier molecular flexibility index (Phi) is 5.80. The van der Waals surface area contributed by atoms with Gasteiger partial charge in [0.2, 0.25) is 0 Å². The van der Waals surface area contributed by atoms with E-state index in [4.69, 9.17) is 4.74 Å². The molecule has 0 saturated carbocycles. The fourth-order valence-corrected chi connectivity index (χ4v) is 2.97. The molecule has 1 aliphatic heterocycles. The molecule has 1 saturated heterocycles. The zero-order chi connectivity index (χ0) is 14.5. The number of methoxy groups -OCH3 is 1. The van der Waals surface area contributed by atoms with E-state index >= 15 is 0 Å². The van der Waals surface area contributed by atoms with Crippen LogP contribution in [0.25, 0.3) is 0 Å². The van der Waals surface area contributed by atoms with Crippen LogP contribution in [0.4, 0.5) is 5.69 Å². The van der Waals surface area contributed by atoms with Crippen LogP contribution in [0.2, 0.25) is 0 Å². The summed E-state index contributed by atoms with van der Waals surface area (Å²) >= 11 is 3.56. The van der Waals surface area contributed by atoms with Crippen LogP contribution in [0.5, 0.6) is 0 Å². The molecule has 1 aromatic rings. The summed E-state index contributed by atoms with van der Waals surface area (Å²) in [4.78, 5) is 1.99. The van der Waals surface area contributed by atoms with Gasteiger partial charge in [0.25, 0.3) is 0 Å². The largest absolute Gasteiger partial charge is 0.389 e. The minimum atomic E-state index is -0.669. The summed E-state index contributed by atoms with van der Waals surface area (Å²) in [6.45, 7) is 3.23. The van der Waals surface area contributed by atoms with Crippen molar-refractivity contribution < 1.29 is 14.9 Å². The highest BCUT2D eigenvalue weighted by atomic mass is 79.9. The number of hydrogen-bond donors (Lipinski definition) is 3. The Morgan fingerprint density at radius 1 is 1.35 bits per heavy atom. The van der Waals surface area contributed by atoms with Gasteiger partial charge >= 0.3 is 0 Å². The first kappa shape index (κ1) is 15.7. The monoisotopic (exact) mass is 344 g/mol. The van der Waals surface area contributed by atoms with Crippen molar-refractivity contribution in [3.63, 3.8) is 0 Å². The van der Waals surface area contributed by atoms with Crippen molar-refractivity contribution in [1.29, 1.82) is 0 Å². The first-order chi connectivity index (χ1) is 9.61. The highest BCUT2D eigenvalue weighted by Crippen LogP contribution is 2.30. The first-order valence-corrected chi connectivity index (χ1v) is 7.50. The molecule has 0 aromatic heterocycles. The van der Waals surface area contributed by atoms with Crippen LogP contribution in [0, 0.1) is 0 Å². The Morgan fingerprint density at radius 3 is 2.65 bits per heavy atom. The maximum Gasteiger partial charge on any atom is 0.0990 e. The lowest BCUT2D eigenvalue weighted by Gasteiger charge is -2.20. The molecule has 1 fully saturated rings. The van der Waals surface area contributed by atoms with Gasteiger partial charge in [-0.25, -0.2) is 0 Å². The number of aliphatic hydroxyl groups is 2. The van der Waals surface area contributed by atoms with Gasteiger partial charge in [0.1, 0.15) is 0 Å². The van der Waals surface area contributed by atoms with Gasteiger partial charge < -0.3 is 25.2 Å². The Morgan fingerprint density at radius 2 is 2.05 bits per heavy atom. The molecule has 2 unspecified atom stereocenters. The lowest BCUT2D eigenvalue weighted by Crippen LogP contribution is -2.22. The van der Waals surface area contributed by atoms with Crippen molar-refractivity contribution in [2.75, 3.05) is 38.3 Å². The van der Waals surface area contributed by atoms with Crippen molar-refractivity contribution in [3.05, 3.63) is 28.2 Å². The normalized spacial score (nSPS) is 22.5. The maximum absolute atomic E-state index is 9.61. The summed E-state index contributed by atoms with van der Waals surface area (Å²) in [6.07, 6.45) is -1.34. The van der Waals surface area contributed by atoms with E-state index in [1.165, 1.54) is 5.56 Å². The van der Waals surface area contributed by atoms with E-state index in [1.54, 1.807) is 7.11 Å². The summed E-state index contributed by atoms with van der Waals surface area (Å²) < 4.78 is 5.96. The lowest BCUT2D eigenvalue weighted by molar-refractivity contribution is 0.0572. The minimum absolute atomic E-state index is 0.463. The van der Waals surface area contributed by atoms with Crippen molar-refractivity contribution in [1.82, 2.24) is 5.32 Å². The number of anilines is 1. The molecule has 6 heteroatoms. The highest BCUT2D eigenvalue weighted by molar-refractivity contribution is 9.10. The molecule has 0 amide bonds. The smallest absolute Gasteiger partial charge is 0.0990 e. The van der Waals surface area contributed by atoms with Gasteiger partial charge in [0, 0.05) is 37.8 Å². The Labute approximate surface area is 127 Å². The Bertz CT molecular complexity index is 434. The molecule has 0 spiro atoms. The van der Waals surface area contributed by atoms with Crippen LogP contribution in [0.1, 0.15) is 5.56 Å². The molecule has 0 bridgehead atoms. The third-order valence-corrected chi connectivity index (χ3v) is 4.06. The number of benzene rings is 1. The molecule has 112 valence electrons. The molecule has 2 rings (SSSR count). The van der Waals surface area contributed by atoms with Gasteiger partial charge in [-0.2, -0.15) is 0 Å². The van der Waals surface area contributed by atoms with Crippen LogP contribution >= 0.6 is 15.9 Å². The van der Waals surface area contributed by atoms with Crippen molar-refractivity contribution in [2.24, 2.45) is 0 Å². The van der Waals surface area contributed by atoms with Gasteiger partial charge in [0.05, 0.1) is 24.5 Å². The number of nitrogens with one attached hydrogen (secondary N) is 1. The summed E-state index contributed by atoms with van der Waals surface area (Å²) in [5.41, 5.74) is 2.18. The second-order valence-electron chi connectivity index (χ2n) is 5.00. The van der Waals surface area contributed by atoms with Gasteiger partial charge in [-0.05, 0) is 33.6 Å². The standard InChI is InChI=1S/C14H21BrN2O3/c1-20-5-4-16-7-10-2-3-12(11(15)6-10)17-8-13(18)14(19)9-17/h2-3,6,13-14,16,18-19H,4-5,7-9H2,1H3. The second-order valence-corrected chi connectivity index (χ2v) is 5.85. The molecule has 1 aliphatic rings. The van der Waals surface area contributed by atoms with Crippen LogP contribution in [0.3, 0.4) is 0 Å². The third kappa shape index (κ3) is 3.93. The Balaban J connectivity index is 1.96. The maximum atomic E-state index is 9.61. The molecule has 1 heterocycles. The first-order valence-electron chi connectivity index (χ1n) is 6.71. The third-order valence-electron chi connectivity index (χ3n) is 3.42. The van der Waals surface area contributed by atoms with Gasteiger partial charge in [-0.1, -0.05) is 6.07 Å². The van der Waals surface area contributed by atoms with Crippen molar-refractivity contribution in [2.45, 2.75) is 18.8 Å². The number of aliphatic hydroxyl groups excluding tert-OH is 2. The molecule has 0 radical (unpaired) electrons. The number of rotatable bonds is 6. The average molecular weight is 345 g/mol. The van der Waals surface area contributed by atoms with E-state index in [2.05, 4.69) is 33.4 Å². The molecular weight excluding hydrogens is 324 g/mol. The van der Waals surface area contributed by atoms with Crippen molar-refractivity contribution >= 4 is 21.6 Å². The van der Waals surface area contributed by atoms with Gasteiger partial charge in [0.15, 0.2) is 0 Å². The molecular formula is C14H21BrN2O3. The predicted octanol–water partition coefficient (Wildman–Crippen LogP) is 0.727. The highest BCUT2D eigenvalue weighted by Gasteiger charge is 2.30. The van der Waals surface area contributed by atoms with Crippen molar-refractivity contribution in [3.8, 4) is 0 Å². The lowest BCUT2D eigenvalue weighted by atomic mass is 10.2. The van der Waals surface area contributed by atoms with Crippen LogP contribution < -0.4 is 10.2 Å². The summed E-state index contributed by atoms with van der Waals surface area (Å²) in [6, 6.07) is 6.13. The van der Waals surface area contributed by atoms with E-state index in [0.717, 1.165) is 23.2 Å². The predicted molar refractivity (Wildman–Crippen MR) is 82.0 cm³/mol. The van der Waals surface area contributed by atoms with Gasteiger partial charge in [-0.15, -0.1) is 0 Å². The summed E-state index contributed by atoms with van der Waals surface area (Å²) in [5.74, 6) is 0. The number of hydrogen-bond acceptors (Lipinski definition) is 5. The van der Waals surface area contributed by atoms with Crippen LogP contribution in [-0.4, -0.2) is 55.8 Å². The fourth-order valence-electron chi connectivity index (χ4n) is 2.29. The minimum Gasteiger partial charge on any atom is -0.389 e. The topological polar surface area (TPSA) is 65.0 Å². The molecule has 2 atom stereocenters. The average Bonchev–Trinajstić information content (AvgIpc) is 2.75. The molecule has 1 aromatic carbocycles. The Hall–Kier alpha value is -0.660. The second kappa shape index (κ2) is 7.38. The van der Waals surface area contributed by atoms with E-state index in [0.29, 0.717) is 19.7 Å². The summed E-state index contributed by atoms with van der Waals surface area (Å²) in [7, 11) is 1.69. The zero-order valence-electron chi connectivity index (χ0n) is 11.6. The number of nitrogens with zero attached hydrogens (tertiary/aromatic N) is 1. The molecule has 5 nitrogen and oxygen atoms in total. The number of β-amino-alcohol motifs (C(OH)–C–C–N with tert-alkyl or cyclic N) is 2. The van der Waals surface area contributed by atoms with E-state index in [1.807, 2.05) is 11.0 Å². The molecule has 0 aliphatic carbocycles. The van der Waals surface area contributed by atoms with E-state index < -0.39 is 12.2 Å². The zero-order valence-corrected chi connectivity index (χ0v) is 13.1. The van der Waals surface area contributed by atoms with E-state index in [9.17, 15) is 10.2 Å². The number of halogens is 1. The number of ether oxygens (including phenoxy) is 1. The quantitative estimate of drug-likeness (QED) is 0.664. The van der Waals surface area contributed by atoms with E-state index in [-0.39, 0.29) is 0 Å². The molecule has 3 N–H and O–H groups in total. The van der Waals surface area contributed by atoms with Gasteiger partial charge in [-0.3, -0.25) is 0 Å². The summed E-state index contributed by atoms with van der Waals surface area (Å²) in [5, 5.41) is 22.5. The molecule has 20 heavy (non-hydrogen) atoms. The van der Waals surface area contributed by atoms with Crippen LogP contribution in [-0.2, 0) is 11.3 Å². The SMILES string of the molecule is COCCNCc1ccc(N2CC(O)C(O)C2)c(Br)c1.